The summed E-state index contributed by atoms with van der Waals surface area (Å²) < 4.78 is 5.48. The number of carbonyl (C=O) groups excluding carboxylic acids is 3. The summed E-state index contributed by atoms with van der Waals surface area (Å²) in [6.07, 6.45) is -0.620. The molecule has 0 heterocycles. The lowest BCUT2D eigenvalue weighted by atomic mass is 9.93. The van der Waals surface area contributed by atoms with Gasteiger partial charge in [-0.15, -0.1) is 0 Å². The molecule has 3 N–H and O–H groups in total. The fraction of sp³-hybridized carbons (Fsp3) is 0.364. The third-order valence-corrected chi connectivity index (χ3v) is 6.75. The number of nitrogens with one attached hydrogen (secondary N) is 2. The van der Waals surface area contributed by atoms with E-state index in [2.05, 4.69) is 10.6 Å². The van der Waals surface area contributed by atoms with E-state index in [1.807, 2.05) is 43.3 Å². The zero-order chi connectivity index (χ0) is 31.2. The Morgan fingerprint density at radius 2 is 1.52 bits per heavy atom. The van der Waals surface area contributed by atoms with Gasteiger partial charge in [-0.25, -0.2) is 4.79 Å². The lowest BCUT2D eigenvalue weighted by Crippen LogP contribution is -2.58. The molecular formula is C33H40ClN3O5. The number of anilines is 1. The van der Waals surface area contributed by atoms with Crippen LogP contribution in [0.1, 0.15) is 64.3 Å². The molecule has 3 aromatic carbocycles. The summed E-state index contributed by atoms with van der Waals surface area (Å²) in [5.41, 5.74) is 0.420. The first-order chi connectivity index (χ1) is 19.6. The highest BCUT2D eigenvalue weighted by atomic mass is 35.5. The summed E-state index contributed by atoms with van der Waals surface area (Å²) in [5, 5.41) is 16.9. The first kappa shape index (κ1) is 32.5. The number of hydrogen-bond acceptors (Lipinski definition) is 5. The number of hydrogen-bond donors (Lipinski definition) is 3. The number of aromatic hydroxyl groups is 1. The number of aryl methyl sites for hydroxylation is 1. The minimum absolute atomic E-state index is 0.143. The number of phenols is 1. The molecule has 0 saturated carbocycles. The molecule has 8 nitrogen and oxygen atoms in total. The van der Waals surface area contributed by atoms with E-state index in [0.717, 1.165) is 11.1 Å². The molecule has 0 aliphatic rings. The number of amides is 3. The number of alkyl carbamates (subject to hydrolysis) is 1. The van der Waals surface area contributed by atoms with E-state index in [4.69, 9.17) is 16.3 Å². The summed E-state index contributed by atoms with van der Waals surface area (Å²) in [7, 11) is 0. The largest absolute Gasteiger partial charge is 0.508 e. The fourth-order valence-corrected chi connectivity index (χ4v) is 4.88. The van der Waals surface area contributed by atoms with Gasteiger partial charge in [0.05, 0.1) is 10.7 Å². The van der Waals surface area contributed by atoms with Crippen molar-refractivity contribution >= 4 is 35.2 Å². The summed E-state index contributed by atoms with van der Waals surface area (Å²) in [5.74, 6) is -1.27. The van der Waals surface area contributed by atoms with Crippen molar-refractivity contribution in [1.29, 1.82) is 0 Å². The zero-order valence-electron chi connectivity index (χ0n) is 25.2. The Kier molecular flexibility index (Phi) is 10.3. The van der Waals surface area contributed by atoms with E-state index >= 15 is 0 Å². The maximum Gasteiger partial charge on any atom is 0.408 e. The van der Waals surface area contributed by atoms with Crippen LogP contribution in [0.2, 0.25) is 5.02 Å². The zero-order valence-corrected chi connectivity index (χ0v) is 26.0. The Hall–Kier alpha value is -4.04. The van der Waals surface area contributed by atoms with Crippen LogP contribution in [0, 0.1) is 6.92 Å². The molecular weight excluding hydrogens is 554 g/mol. The Morgan fingerprint density at radius 1 is 0.905 bits per heavy atom. The molecule has 9 heteroatoms. The quantitative estimate of drug-likeness (QED) is 0.266. The van der Waals surface area contributed by atoms with Crippen LogP contribution in [0.15, 0.2) is 72.8 Å². The Balaban J connectivity index is 2.14. The molecule has 0 aliphatic heterocycles. The van der Waals surface area contributed by atoms with Gasteiger partial charge in [-0.05, 0) is 71.7 Å². The third kappa shape index (κ3) is 8.49. The monoisotopic (exact) mass is 593 g/mol. The molecule has 0 bridgehead atoms. The molecule has 0 spiro atoms. The molecule has 0 radical (unpaired) electrons. The SMILES string of the molecule is Cc1cccc(Cl)c1NC(=O)C(c1ccccc1O)N(C(=O)C(Cc1ccccc1)NC(=O)OC(C)(C)C)C(C)(C)C. The molecule has 0 aliphatic carbocycles. The van der Waals surface area contributed by atoms with Crippen molar-refractivity contribution in [3.63, 3.8) is 0 Å². The number of nitrogens with zero attached hydrogens (tertiary/aromatic N) is 1. The Bertz CT molecular complexity index is 1390. The van der Waals surface area contributed by atoms with Gasteiger partial charge in [-0.1, -0.05) is 72.3 Å². The molecule has 3 aromatic rings. The molecule has 42 heavy (non-hydrogen) atoms. The number of phenolic OH excluding ortho intramolecular Hbond substituents is 1. The van der Waals surface area contributed by atoms with E-state index in [1.54, 1.807) is 71.9 Å². The van der Waals surface area contributed by atoms with Crippen LogP contribution in [0.25, 0.3) is 0 Å². The first-order valence-electron chi connectivity index (χ1n) is 13.8. The van der Waals surface area contributed by atoms with Crippen molar-refractivity contribution in [2.24, 2.45) is 0 Å². The maximum atomic E-state index is 14.6. The van der Waals surface area contributed by atoms with Crippen LogP contribution in [0.3, 0.4) is 0 Å². The third-order valence-electron chi connectivity index (χ3n) is 6.44. The molecule has 3 amide bonds. The van der Waals surface area contributed by atoms with Gasteiger partial charge in [0, 0.05) is 17.5 Å². The highest BCUT2D eigenvalue weighted by Crippen LogP contribution is 2.36. The second-order valence-corrected chi connectivity index (χ2v) is 12.6. The van der Waals surface area contributed by atoms with Crippen LogP contribution >= 0.6 is 11.6 Å². The number of carbonyl (C=O) groups is 3. The van der Waals surface area contributed by atoms with Crippen LogP contribution < -0.4 is 10.6 Å². The maximum absolute atomic E-state index is 14.6. The smallest absolute Gasteiger partial charge is 0.408 e. The van der Waals surface area contributed by atoms with Crippen LogP contribution in [0.4, 0.5) is 10.5 Å². The highest BCUT2D eigenvalue weighted by Gasteiger charge is 2.43. The van der Waals surface area contributed by atoms with Crippen LogP contribution in [0.5, 0.6) is 5.75 Å². The number of benzene rings is 3. The van der Waals surface area contributed by atoms with E-state index in [0.29, 0.717) is 10.7 Å². The van der Waals surface area contributed by atoms with Crippen molar-refractivity contribution < 1.29 is 24.2 Å². The van der Waals surface area contributed by atoms with Crippen molar-refractivity contribution in [3.05, 3.63) is 94.5 Å². The van der Waals surface area contributed by atoms with Crippen LogP contribution in [-0.2, 0) is 20.7 Å². The van der Waals surface area contributed by atoms with E-state index in [-0.39, 0.29) is 17.7 Å². The predicted molar refractivity (Wildman–Crippen MR) is 166 cm³/mol. The van der Waals surface area contributed by atoms with Crippen LogP contribution in [-0.4, -0.2) is 45.1 Å². The average Bonchev–Trinajstić information content (AvgIpc) is 2.88. The fourth-order valence-electron chi connectivity index (χ4n) is 4.61. The Labute approximate surface area is 253 Å². The molecule has 2 atom stereocenters. The summed E-state index contributed by atoms with van der Waals surface area (Å²) in [4.78, 5) is 43.1. The normalized spacial score (nSPS) is 13.0. The second-order valence-electron chi connectivity index (χ2n) is 12.1. The van der Waals surface area contributed by atoms with E-state index < -0.39 is 41.1 Å². The number of para-hydroxylation sites is 2. The van der Waals surface area contributed by atoms with Gasteiger partial charge in [0.25, 0.3) is 5.91 Å². The van der Waals surface area contributed by atoms with Gasteiger partial charge in [-0.3, -0.25) is 9.59 Å². The van der Waals surface area contributed by atoms with Gasteiger partial charge in [0.15, 0.2) is 0 Å². The lowest BCUT2D eigenvalue weighted by Gasteiger charge is -2.43. The average molecular weight is 594 g/mol. The van der Waals surface area contributed by atoms with E-state index in [1.165, 1.54) is 11.0 Å². The van der Waals surface area contributed by atoms with Gasteiger partial charge in [-0.2, -0.15) is 0 Å². The number of halogens is 1. The van der Waals surface area contributed by atoms with Crippen molar-refractivity contribution in [2.75, 3.05) is 5.32 Å². The molecule has 3 rings (SSSR count). The van der Waals surface area contributed by atoms with Gasteiger partial charge in [0.1, 0.15) is 23.4 Å². The number of rotatable bonds is 8. The number of ether oxygens (including phenoxy) is 1. The van der Waals surface area contributed by atoms with Crippen molar-refractivity contribution in [2.45, 2.75) is 78.1 Å². The van der Waals surface area contributed by atoms with Crippen molar-refractivity contribution in [3.8, 4) is 5.75 Å². The predicted octanol–water partition coefficient (Wildman–Crippen LogP) is 6.80. The minimum atomic E-state index is -1.28. The first-order valence-corrected chi connectivity index (χ1v) is 14.2. The topological polar surface area (TPSA) is 108 Å². The molecule has 0 aromatic heterocycles. The lowest BCUT2D eigenvalue weighted by molar-refractivity contribution is -0.146. The minimum Gasteiger partial charge on any atom is -0.508 e. The van der Waals surface area contributed by atoms with Gasteiger partial charge in [0.2, 0.25) is 5.91 Å². The van der Waals surface area contributed by atoms with E-state index in [9.17, 15) is 19.5 Å². The summed E-state index contributed by atoms with van der Waals surface area (Å²) in [6.45, 7) is 12.4. The summed E-state index contributed by atoms with van der Waals surface area (Å²) in [6, 6.07) is 18.5. The van der Waals surface area contributed by atoms with Gasteiger partial charge >= 0.3 is 6.09 Å². The molecule has 224 valence electrons. The second kappa shape index (κ2) is 13.3. The summed E-state index contributed by atoms with van der Waals surface area (Å²) >= 11 is 6.43. The molecule has 2 unspecified atom stereocenters. The highest BCUT2D eigenvalue weighted by molar-refractivity contribution is 6.34. The van der Waals surface area contributed by atoms with Crippen molar-refractivity contribution in [1.82, 2.24) is 10.2 Å². The molecule has 0 saturated heterocycles. The molecule has 0 fully saturated rings. The van der Waals surface area contributed by atoms with Gasteiger partial charge < -0.3 is 25.4 Å². The standard InChI is InChI=1S/C33H40ClN3O5/c1-21-14-13-18-24(34)27(21)36-29(39)28(23-17-11-12-19-26(23)38)37(32(2,3)4)30(40)25(20-22-15-9-8-10-16-22)35-31(41)42-33(5,6)7/h8-19,25,28,38H,20H2,1-7H3,(H,35,41)(H,36,39). The Morgan fingerprint density at radius 3 is 2.10 bits per heavy atom.